The van der Waals surface area contributed by atoms with Gasteiger partial charge in [0.2, 0.25) is 0 Å². The Labute approximate surface area is 222 Å². The van der Waals surface area contributed by atoms with Crippen LogP contribution in [0.3, 0.4) is 0 Å². The van der Waals surface area contributed by atoms with E-state index in [0.29, 0.717) is 44.6 Å². The summed E-state index contributed by atoms with van der Waals surface area (Å²) in [5.74, 6) is -0.283. The van der Waals surface area contributed by atoms with Gasteiger partial charge in [-0.3, -0.25) is 10.00 Å². The van der Waals surface area contributed by atoms with Crippen LogP contribution < -0.4 is 4.90 Å². The van der Waals surface area contributed by atoms with Crippen molar-refractivity contribution >= 4 is 17.8 Å². The first kappa shape index (κ1) is 25.8. The molecule has 0 atom stereocenters. The summed E-state index contributed by atoms with van der Waals surface area (Å²) in [6.45, 7) is 9.06. The molecular formula is C29H34FN5O3. The van der Waals surface area contributed by atoms with Gasteiger partial charge in [0, 0.05) is 37.1 Å². The monoisotopic (exact) mass is 519 g/mol. The summed E-state index contributed by atoms with van der Waals surface area (Å²) in [4.78, 5) is 32.0. The van der Waals surface area contributed by atoms with Crippen LogP contribution in [0.1, 0.15) is 44.7 Å². The van der Waals surface area contributed by atoms with Crippen LogP contribution >= 0.6 is 0 Å². The summed E-state index contributed by atoms with van der Waals surface area (Å²) in [5, 5.41) is 6.83. The normalized spacial score (nSPS) is 17.4. The molecule has 0 saturated carbocycles. The number of nitrogens with one attached hydrogen (secondary N) is 1. The Balaban J connectivity index is 1.42. The average molecular weight is 520 g/mol. The maximum Gasteiger partial charge on any atom is 0.410 e. The molecule has 38 heavy (non-hydrogen) atoms. The number of piperidine rings is 1. The molecule has 9 heteroatoms. The van der Waals surface area contributed by atoms with Gasteiger partial charge in [-0.15, -0.1) is 0 Å². The van der Waals surface area contributed by atoms with Crippen LogP contribution in [0.25, 0.3) is 11.1 Å². The van der Waals surface area contributed by atoms with Crippen LogP contribution in [0, 0.1) is 12.7 Å². The second-order valence-corrected chi connectivity index (χ2v) is 11.2. The predicted molar refractivity (Wildman–Crippen MR) is 143 cm³/mol. The van der Waals surface area contributed by atoms with Gasteiger partial charge in [0.25, 0.3) is 0 Å². The molecule has 3 amide bonds. The van der Waals surface area contributed by atoms with Crippen molar-refractivity contribution in [2.75, 3.05) is 24.5 Å². The molecule has 2 fully saturated rings. The highest BCUT2D eigenvalue weighted by atomic mass is 19.1. The molecule has 2 aromatic carbocycles. The Morgan fingerprint density at radius 3 is 2.45 bits per heavy atom. The second kappa shape index (κ2) is 9.78. The minimum absolute atomic E-state index is 0.115. The molecule has 5 rings (SSSR count). The van der Waals surface area contributed by atoms with Gasteiger partial charge in [0.05, 0.1) is 18.3 Å². The Morgan fingerprint density at radius 2 is 1.82 bits per heavy atom. The first-order valence-corrected chi connectivity index (χ1v) is 13.0. The van der Waals surface area contributed by atoms with Crippen LogP contribution in [0.15, 0.2) is 54.9 Å². The highest BCUT2D eigenvalue weighted by molar-refractivity contribution is 5.95. The number of nitrogens with zero attached hydrogens (tertiary/aromatic N) is 4. The summed E-state index contributed by atoms with van der Waals surface area (Å²) in [5.41, 5.74) is 3.04. The molecule has 2 saturated heterocycles. The van der Waals surface area contributed by atoms with E-state index in [0.717, 1.165) is 22.4 Å². The lowest BCUT2D eigenvalue weighted by Gasteiger charge is -2.44. The lowest BCUT2D eigenvalue weighted by Crippen LogP contribution is -2.55. The number of carbonyl (C=O) groups excluding carboxylic acids is 2. The second-order valence-electron chi connectivity index (χ2n) is 11.2. The number of halogens is 1. The first-order valence-electron chi connectivity index (χ1n) is 13.0. The summed E-state index contributed by atoms with van der Waals surface area (Å²) in [7, 11) is 0. The lowest BCUT2D eigenvalue weighted by molar-refractivity contribution is 0.00784. The highest BCUT2D eigenvalue weighted by Crippen LogP contribution is 2.40. The standard InChI is InChI=1S/C29H34FN5O3/c1-20-22(6-5-7-25(20)30)18-35-26(36)34(24-10-8-21(9-11-24)23-16-31-32-17-23)19-29(35)12-14-33(15-13-29)27(37)38-28(2,3)4/h5-11,16-17H,12-15,18-19H2,1-4H3,(H,31,32). The number of rotatable bonds is 4. The van der Waals surface area contributed by atoms with Crippen LogP contribution in [-0.2, 0) is 11.3 Å². The van der Waals surface area contributed by atoms with E-state index >= 15 is 0 Å². The van der Waals surface area contributed by atoms with Gasteiger partial charge in [-0.05, 0) is 75.4 Å². The van der Waals surface area contributed by atoms with E-state index in [9.17, 15) is 14.0 Å². The molecule has 2 aliphatic heterocycles. The van der Waals surface area contributed by atoms with Gasteiger partial charge in [0.1, 0.15) is 11.4 Å². The third-order valence-corrected chi connectivity index (χ3v) is 7.55. The van der Waals surface area contributed by atoms with Crippen molar-refractivity contribution in [2.24, 2.45) is 0 Å². The number of aromatic amines is 1. The number of hydrogen-bond acceptors (Lipinski definition) is 4. The van der Waals surface area contributed by atoms with E-state index in [1.807, 2.05) is 62.2 Å². The molecule has 0 unspecified atom stereocenters. The first-order chi connectivity index (χ1) is 18.1. The Bertz CT molecular complexity index is 1310. The van der Waals surface area contributed by atoms with E-state index in [4.69, 9.17) is 4.74 Å². The molecule has 200 valence electrons. The van der Waals surface area contributed by atoms with Crippen LogP contribution in [0.4, 0.5) is 19.7 Å². The number of amides is 3. The predicted octanol–water partition coefficient (Wildman–Crippen LogP) is 5.74. The van der Waals surface area contributed by atoms with Crippen molar-refractivity contribution in [1.29, 1.82) is 0 Å². The fourth-order valence-corrected chi connectivity index (χ4v) is 5.33. The summed E-state index contributed by atoms with van der Waals surface area (Å²) >= 11 is 0. The van der Waals surface area contributed by atoms with E-state index in [-0.39, 0.29) is 17.9 Å². The largest absolute Gasteiger partial charge is 0.444 e. The van der Waals surface area contributed by atoms with Crippen molar-refractivity contribution in [3.05, 3.63) is 71.8 Å². The average Bonchev–Trinajstić information content (AvgIpc) is 3.50. The number of hydrogen-bond donors (Lipinski definition) is 1. The maximum atomic E-state index is 14.4. The topological polar surface area (TPSA) is 81.8 Å². The molecule has 0 aliphatic carbocycles. The SMILES string of the molecule is Cc1c(F)cccc1CN1C(=O)N(c2ccc(-c3cn[nH]c3)cc2)CC12CCN(C(=O)OC(C)(C)C)CC2. The zero-order valence-corrected chi connectivity index (χ0v) is 22.3. The zero-order valence-electron chi connectivity index (χ0n) is 22.3. The molecule has 2 aliphatic rings. The third kappa shape index (κ3) is 4.97. The Kier molecular flexibility index (Phi) is 6.63. The quantitative estimate of drug-likeness (QED) is 0.477. The maximum absolute atomic E-state index is 14.4. The summed E-state index contributed by atoms with van der Waals surface area (Å²) in [6.07, 6.45) is 4.46. The van der Waals surface area contributed by atoms with E-state index in [2.05, 4.69) is 10.2 Å². The van der Waals surface area contributed by atoms with Gasteiger partial charge < -0.3 is 14.5 Å². The Hall–Kier alpha value is -3.88. The van der Waals surface area contributed by atoms with Crippen molar-refractivity contribution in [3.8, 4) is 11.1 Å². The van der Waals surface area contributed by atoms with Crippen LogP contribution in [-0.4, -0.2) is 62.9 Å². The number of benzene rings is 2. The molecule has 3 aromatic rings. The van der Waals surface area contributed by atoms with Crippen molar-refractivity contribution in [3.63, 3.8) is 0 Å². The number of anilines is 1. The minimum Gasteiger partial charge on any atom is -0.444 e. The number of H-pyrrole nitrogens is 1. The highest BCUT2D eigenvalue weighted by Gasteiger charge is 2.52. The Morgan fingerprint density at radius 1 is 1.11 bits per heavy atom. The number of urea groups is 1. The molecule has 0 bridgehead atoms. The lowest BCUT2D eigenvalue weighted by atomic mass is 9.86. The third-order valence-electron chi connectivity index (χ3n) is 7.55. The van der Waals surface area contributed by atoms with E-state index in [1.54, 1.807) is 29.0 Å². The van der Waals surface area contributed by atoms with Crippen molar-refractivity contribution in [1.82, 2.24) is 20.0 Å². The minimum atomic E-state index is -0.574. The fourth-order valence-electron chi connectivity index (χ4n) is 5.33. The van der Waals surface area contributed by atoms with Gasteiger partial charge in [-0.25, -0.2) is 14.0 Å². The molecule has 8 nitrogen and oxygen atoms in total. The zero-order chi connectivity index (χ0) is 27.1. The number of aromatic nitrogens is 2. The molecule has 0 radical (unpaired) electrons. The van der Waals surface area contributed by atoms with Crippen molar-refractivity contribution < 1.29 is 18.7 Å². The van der Waals surface area contributed by atoms with Crippen molar-refractivity contribution in [2.45, 2.75) is 58.2 Å². The van der Waals surface area contributed by atoms with E-state index in [1.165, 1.54) is 6.07 Å². The van der Waals surface area contributed by atoms with Crippen LogP contribution in [0.5, 0.6) is 0 Å². The molecule has 1 N–H and O–H groups in total. The number of ether oxygens (including phenoxy) is 1. The fraction of sp³-hybridized carbons (Fsp3) is 0.414. The van der Waals surface area contributed by atoms with Gasteiger partial charge >= 0.3 is 12.1 Å². The van der Waals surface area contributed by atoms with Crippen LogP contribution in [0.2, 0.25) is 0 Å². The summed E-state index contributed by atoms with van der Waals surface area (Å²) < 4.78 is 20.0. The van der Waals surface area contributed by atoms with Gasteiger partial charge in [-0.1, -0.05) is 24.3 Å². The van der Waals surface area contributed by atoms with E-state index < -0.39 is 11.1 Å². The summed E-state index contributed by atoms with van der Waals surface area (Å²) in [6, 6.07) is 12.7. The van der Waals surface area contributed by atoms with Gasteiger partial charge in [0.15, 0.2) is 0 Å². The molecular weight excluding hydrogens is 485 g/mol. The van der Waals surface area contributed by atoms with Gasteiger partial charge in [-0.2, -0.15) is 5.10 Å². The molecule has 1 aromatic heterocycles. The number of carbonyl (C=O) groups is 2. The molecule has 1 spiro atoms. The molecule has 3 heterocycles. The number of likely N-dealkylation sites (tertiary alicyclic amines) is 1. The smallest absolute Gasteiger partial charge is 0.410 e.